The zero-order valence-corrected chi connectivity index (χ0v) is 11.4. The van der Waals surface area contributed by atoms with Crippen LogP contribution in [0.3, 0.4) is 0 Å². The molecule has 1 atom stereocenters. The molecule has 1 aromatic carbocycles. The Morgan fingerprint density at radius 2 is 1.95 bits per heavy atom. The molecule has 0 aliphatic carbocycles. The fraction of sp³-hybridized carbons (Fsp3) is 0.429. The van der Waals surface area contributed by atoms with Crippen molar-refractivity contribution in [3.05, 3.63) is 29.8 Å². The Balaban J connectivity index is 2.84. The number of rotatable bonds is 6. The van der Waals surface area contributed by atoms with Gasteiger partial charge in [0.05, 0.1) is 13.0 Å². The van der Waals surface area contributed by atoms with Crippen molar-refractivity contribution in [2.75, 3.05) is 21.2 Å². The number of hydrogen-bond donors (Lipinski definition) is 1. The number of methoxy groups -OCH3 is 1. The molecule has 1 amide bonds. The SMILES string of the molecule is COc1ccccc1CC(CC(=O)N(C)C)C(=O)O. The summed E-state index contributed by atoms with van der Waals surface area (Å²) in [7, 11) is 4.77. The monoisotopic (exact) mass is 265 g/mol. The maximum absolute atomic E-state index is 11.6. The molecule has 5 nitrogen and oxygen atoms in total. The summed E-state index contributed by atoms with van der Waals surface area (Å²) in [6, 6.07) is 7.24. The number of nitrogens with zero attached hydrogens (tertiary/aromatic N) is 1. The smallest absolute Gasteiger partial charge is 0.307 e. The lowest BCUT2D eigenvalue weighted by Gasteiger charge is -2.16. The molecule has 0 aliphatic rings. The van der Waals surface area contributed by atoms with E-state index in [2.05, 4.69) is 0 Å². The minimum Gasteiger partial charge on any atom is -0.496 e. The van der Waals surface area contributed by atoms with E-state index in [1.54, 1.807) is 27.3 Å². The molecule has 0 aromatic heterocycles. The molecule has 0 spiro atoms. The normalized spacial score (nSPS) is 11.7. The predicted molar refractivity (Wildman–Crippen MR) is 71.1 cm³/mol. The lowest BCUT2D eigenvalue weighted by Crippen LogP contribution is -2.28. The lowest BCUT2D eigenvalue weighted by atomic mass is 9.95. The highest BCUT2D eigenvalue weighted by Crippen LogP contribution is 2.22. The van der Waals surface area contributed by atoms with Crippen molar-refractivity contribution in [2.45, 2.75) is 12.8 Å². The second-order valence-electron chi connectivity index (χ2n) is 4.54. The first-order valence-corrected chi connectivity index (χ1v) is 6.00. The topological polar surface area (TPSA) is 66.8 Å². The van der Waals surface area contributed by atoms with Crippen LogP contribution in [0.4, 0.5) is 0 Å². The summed E-state index contributed by atoms with van der Waals surface area (Å²) in [5, 5.41) is 9.22. The van der Waals surface area contributed by atoms with Gasteiger partial charge >= 0.3 is 5.97 Å². The third-order valence-electron chi connectivity index (χ3n) is 2.93. The number of carboxylic acids is 1. The van der Waals surface area contributed by atoms with Crippen LogP contribution in [0.25, 0.3) is 0 Å². The van der Waals surface area contributed by atoms with Gasteiger partial charge < -0.3 is 14.7 Å². The zero-order chi connectivity index (χ0) is 14.4. The van der Waals surface area contributed by atoms with E-state index < -0.39 is 11.9 Å². The predicted octanol–water partition coefficient (Wildman–Crippen LogP) is 1.42. The van der Waals surface area contributed by atoms with E-state index in [1.165, 1.54) is 4.90 Å². The average molecular weight is 265 g/mol. The molecule has 0 bridgehead atoms. The fourth-order valence-electron chi connectivity index (χ4n) is 1.78. The van der Waals surface area contributed by atoms with Gasteiger partial charge in [0.25, 0.3) is 0 Å². The van der Waals surface area contributed by atoms with Gasteiger partial charge in [0.1, 0.15) is 5.75 Å². The highest BCUT2D eigenvalue weighted by atomic mass is 16.5. The number of amides is 1. The molecular formula is C14H19NO4. The third kappa shape index (κ3) is 4.28. The molecule has 19 heavy (non-hydrogen) atoms. The van der Waals surface area contributed by atoms with Crippen LogP contribution < -0.4 is 4.74 Å². The lowest BCUT2D eigenvalue weighted by molar-refractivity contribution is -0.145. The number of carboxylic acid groups (broad SMARTS) is 1. The Morgan fingerprint density at radius 1 is 1.32 bits per heavy atom. The molecule has 0 fully saturated rings. The van der Waals surface area contributed by atoms with Crippen molar-refractivity contribution in [3.8, 4) is 5.75 Å². The van der Waals surface area contributed by atoms with E-state index in [-0.39, 0.29) is 18.7 Å². The summed E-state index contributed by atoms with van der Waals surface area (Å²) in [6.45, 7) is 0. The van der Waals surface area contributed by atoms with Gasteiger partial charge in [-0.25, -0.2) is 0 Å². The van der Waals surface area contributed by atoms with Gasteiger partial charge in [-0.2, -0.15) is 0 Å². The van der Waals surface area contributed by atoms with Gasteiger partial charge in [0.2, 0.25) is 5.91 Å². The average Bonchev–Trinajstić information content (AvgIpc) is 2.38. The molecule has 0 aliphatic heterocycles. The first-order valence-electron chi connectivity index (χ1n) is 6.00. The number of hydrogen-bond acceptors (Lipinski definition) is 3. The maximum Gasteiger partial charge on any atom is 0.307 e. The molecule has 1 aromatic rings. The number of aliphatic carboxylic acids is 1. The van der Waals surface area contributed by atoms with E-state index in [9.17, 15) is 14.7 Å². The van der Waals surface area contributed by atoms with Crippen molar-refractivity contribution >= 4 is 11.9 Å². The molecule has 5 heteroatoms. The van der Waals surface area contributed by atoms with Gasteiger partial charge in [-0.1, -0.05) is 18.2 Å². The number of para-hydroxylation sites is 1. The summed E-state index contributed by atoms with van der Waals surface area (Å²) in [5.41, 5.74) is 0.795. The zero-order valence-electron chi connectivity index (χ0n) is 11.4. The number of carbonyl (C=O) groups is 2. The van der Waals surface area contributed by atoms with Gasteiger partial charge in [0.15, 0.2) is 0 Å². The summed E-state index contributed by atoms with van der Waals surface area (Å²) >= 11 is 0. The van der Waals surface area contributed by atoms with E-state index in [4.69, 9.17) is 4.74 Å². The summed E-state index contributed by atoms with van der Waals surface area (Å²) in [6.07, 6.45) is 0.263. The van der Waals surface area contributed by atoms with Crippen LogP contribution >= 0.6 is 0 Å². The molecule has 0 saturated carbocycles. The van der Waals surface area contributed by atoms with Crippen LogP contribution in [0.15, 0.2) is 24.3 Å². The molecule has 1 rings (SSSR count). The van der Waals surface area contributed by atoms with E-state index in [0.29, 0.717) is 5.75 Å². The number of ether oxygens (including phenoxy) is 1. The third-order valence-corrected chi connectivity index (χ3v) is 2.93. The number of carbonyl (C=O) groups excluding carboxylic acids is 1. The van der Waals surface area contributed by atoms with E-state index >= 15 is 0 Å². The molecule has 104 valence electrons. The van der Waals surface area contributed by atoms with Crippen molar-refractivity contribution < 1.29 is 19.4 Å². The van der Waals surface area contributed by atoms with Crippen molar-refractivity contribution in [3.63, 3.8) is 0 Å². The van der Waals surface area contributed by atoms with Crippen LogP contribution in [0.2, 0.25) is 0 Å². The highest BCUT2D eigenvalue weighted by molar-refractivity contribution is 5.82. The maximum atomic E-state index is 11.6. The van der Waals surface area contributed by atoms with Crippen LogP contribution in [0, 0.1) is 5.92 Å². The van der Waals surface area contributed by atoms with Crippen LogP contribution in [0.5, 0.6) is 5.75 Å². The standard InChI is InChI=1S/C14H19NO4/c1-15(2)13(16)9-11(14(17)18)8-10-6-4-5-7-12(10)19-3/h4-7,11H,8-9H2,1-3H3,(H,17,18). The minimum atomic E-state index is -0.971. The molecule has 1 unspecified atom stereocenters. The van der Waals surface area contributed by atoms with Gasteiger partial charge in [-0.3, -0.25) is 9.59 Å². The Kier molecular flexibility index (Phi) is 5.36. The van der Waals surface area contributed by atoms with Crippen LogP contribution in [-0.4, -0.2) is 43.1 Å². The Labute approximate surface area is 112 Å². The number of benzene rings is 1. The minimum absolute atomic E-state index is 0.0135. The molecular weight excluding hydrogens is 246 g/mol. The largest absolute Gasteiger partial charge is 0.496 e. The van der Waals surface area contributed by atoms with Gasteiger partial charge in [-0.05, 0) is 18.1 Å². The molecule has 1 N–H and O–H groups in total. The second-order valence-corrected chi connectivity index (χ2v) is 4.54. The van der Waals surface area contributed by atoms with Crippen molar-refractivity contribution in [1.82, 2.24) is 4.90 Å². The quantitative estimate of drug-likeness (QED) is 0.844. The fourth-order valence-corrected chi connectivity index (χ4v) is 1.78. The summed E-state index contributed by atoms with van der Waals surface area (Å²) in [5.74, 6) is -1.26. The first kappa shape index (κ1) is 15.0. The van der Waals surface area contributed by atoms with E-state index in [0.717, 1.165) is 5.56 Å². The Hall–Kier alpha value is -2.04. The molecule has 0 saturated heterocycles. The molecule has 0 radical (unpaired) electrons. The molecule has 0 heterocycles. The summed E-state index contributed by atoms with van der Waals surface area (Å²) in [4.78, 5) is 24.3. The first-order chi connectivity index (χ1) is 8.95. The highest BCUT2D eigenvalue weighted by Gasteiger charge is 2.23. The summed E-state index contributed by atoms with van der Waals surface area (Å²) < 4.78 is 5.19. The van der Waals surface area contributed by atoms with Crippen molar-refractivity contribution in [1.29, 1.82) is 0 Å². The Morgan fingerprint density at radius 3 is 2.47 bits per heavy atom. The second kappa shape index (κ2) is 6.78. The van der Waals surface area contributed by atoms with Crippen molar-refractivity contribution in [2.24, 2.45) is 5.92 Å². The van der Waals surface area contributed by atoms with Gasteiger partial charge in [-0.15, -0.1) is 0 Å². The van der Waals surface area contributed by atoms with Crippen LogP contribution in [-0.2, 0) is 16.0 Å². The van der Waals surface area contributed by atoms with E-state index in [1.807, 2.05) is 18.2 Å². The van der Waals surface area contributed by atoms with Crippen LogP contribution in [0.1, 0.15) is 12.0 Å². The Bertz CT molecular complexity index is 457. The van der Waals surface area contributed by atoms with Gasteiger partial charge in [0, 0.05) is 20.5 Å².